The van der Waals surface area contributed by atoms with E-state index in [0.717, 1.165) is 44.3 Å². The van der Waals surface area contributed by atoms with E-state index in [0.29, 0.717) is 11.7 Å². The second-order valence-electron chi connectivity index (χ2n) is 6.72. The molecule has 0 aromatic carbocycles. The summed E-state index contributed by atoms with van der Waals surface area (Å²) in [5.41, 5.74) is 0. The van der Waals surface area contributed by atoms with E-state index in [1.54, 1.807) is 0 Å². The van der Waals surface area contributed by atoms with Crippen LogP contribution < -0.4 is 0 Å². The molecule has 4 fully saturated rings. The normalized spacial score (nSPS) is 48.1. The van der Waals surface area contributed by atoms with Crippen molar-refractivity contribution in [3.05, 3.63) is 0 Å². The molecule has 4 rings (SSSR count). The first-order valence-corrected chi connectivity index (χ1v) is 7.65. The Morgan fingerprint density at radius 3 is 2.28 bits per heavy atom. The van der Waals surface area contributed by atoms with E-state index >= 15 is 0 Å². The second-order valence-corrected chi connectivity index (χ2v) is 6.72. The van der Waals surface area contributed by atoms with E-state index in [2.05, 4.69) is 23.6 Å². The number of hydrogen-bond acceptors (Lipinski definition) is 3. The van der Waals surface area contributed by atoms with Gasteiger partial charge in [-0.3, -0.25) is 14.6 Å². The van der Waals surface area contributed by atoms with Crippen molar-refractivity contribution < 1.29 is 4.79 Å². The smallest absolute Gasteiger partial charge is 0.154 e. The summed E-state index contributed by atoms with van der Waals surface area (Å²) in [5.74, 6) is 2.43. The fraction of sp³-hybridized carbons (Fsp3) is 0.933. The van der Waals surface area contributed by atoms with E-state index in [4.69, 9.17) is 0 Å². The van der Waals surface area contributed by atoms with Crippen LogP contribution in [0, 0.1) is 17.8 Å². The molecule has 0 radical (unpaired) electrons. The first kappa shape index (κ1) is 12.6. The Bertz CT molecular complexity index is 322. The summed E-state index contributed by atoms with van der Waals surface area (Å²) in [6, 6.07) is 0.220. The molecule has 1 aliphatic carbocycles. The maximum Gasteiger partial charge on any atom is 0.154 e. The molecule has 3 aliphatic heterocycles. The topological polar surface area (TPSA) is 23.6 Å². The minimum Gasteiger partial charge on any atom is -0.299 e. The Kier molecular flexibility index (Phi) is 3.46. The van der Waals surface area contributed by atoms with Gasteiger partial charge in [-0.1, -0.05) is 13.8 Å². The summed E-state index contributed by atoms with van der Waals surface area (Å²) in [6.45, 7) is 10.2. The van der Waals surface area contributed by atoms with Gasteiger partial charge in [0.25, 0.3) is 0 Å². The van der Waals surface area contributed by atoms with E-state index in [1.165, 1.54) is 19.5 Å². The SMILES string of the molecule is CC1CCC(C(=O)C2CN3CCN2CC3)CC1C. The molecule has 0 N–H and O–H groups in total. The van der Waals surface area contributed by atoms with Gasteiger partial charge in [0.15, 0.2) is 5.78 Å². The zero-order valence-electron chi connectivity index (χ0n) is 11.8. The van der Waals surface area contributed by atoms with Crippen molar-refractivity contribution in [2.24, 2.45) is 17.8 Å². The van der Waals surface area contributed by atoms with E-state index < -0.39 is 0 Å². The molecule has 2 bridgehead atoms. The third-order valence-electron chi connectivity index (χ3n) is 5.61. The van der Waals surface area contributed by atoms with Crippen LogP contribution in [0.5, 0.6) is 0 Å². The Hall–Kier alpha value is -0.410. The van der Waals surface area contributed by atoms with Gasteiger partial charge < -0.3 is 0 Å². The van der Waals surface area contributed by atoms with Crippen LogP contribution >= 0.6 is 0 Å². The quantitative estimate of drug-likeness (QED) is 0.744. The molecule has 0 amide bonds. The fourth-order valence-corrected chi connectivity index (χ4v) is 3.97. The number of ketones is 1. The maximum atomic E-state index is 12.7. The van der Waals surface area contributed by atoms with Gasteiger partial charge in [0, 0.05) is 38.6 Å². The summed E-state index contributed by atoms with van der Waals surface area (Å²) in [5, 5.41) is 0. The molecule has 4 atom stereocenters. The molecule has 1 saturated carbocycles. The van der Waals surface area contributed by atoms with Crippen LogP contribution in [-0.2, 0) is 4.79 Å². The highest BCUT2D eigenvalue weighted by Crippen LogP contribution is 2.35. The van der Waals surface area contributed by atoms with Gasteiger partial charge in [0.1, 0.15) is 0 Å². The minimum absolute atomic E-state index is 0.220. The van der Waals surface area contributed by atoms with E-state index in [1.807, 2.05) is 0 Å². The first-order chi connectivity index (χ1) is 8.65. The number of carbonyl (C=O) groups is 1. The van der Waals surface area contributed by atoms with Gasteiger partial charge in [0.2, 0.25) is 0 Å². The molecule has 0 spiro atoms. The number of carbonyl (C=O) groups excluding carboxylic acids is 1. The number of hydrogen-bond donors (Lipinski definition) is 0. The number of piperazine rings is 3. The van der Waals surface area contributed by atoms with Crippen LogP contribution in [0.25, 0.3) is 0 Å². The Labute approximate surface area is 111 Å². The van der Waals surface area contributed by atoms with Gasteiger partial charge in [-0.05, 0) is 31.1 Å². The number of Topliss-reactive ketones (excluding diaryl/α,β-unsaturated/α-hetero) is 1. The van der Waals surface area contributed by atoms with Crippen LogP contribution in [0.4, 0.5) is 0 Å². The lowest BCUT2D eigenvalue weighted by molar-refractivity contribution is -0.135. The third-order valence-corrected chi connectivity index (χ3v) is 5.61. The largest absolute Gasteiger partial charge is 0.299 e. The number of rotatable bonds is 2. The summed E-state index contributed by atoms with van der Waals surface area (Å²) in [6.07, 6.45) is 3.51. The van der Waals surface area contributed by atoms with Gasteiger partial charge in [-0.2, -0.15) is 0 Å². The van der Waals surface area contributed by atoms with Crippen molar-refractivity contribution in [1.82, 2.24) is 9.80 Å². The Morgan fingerprint density at radius 2 is 1.72 bits per heavy atom. The van der Waals surface area contributed by atoms with Crippen LogP contribution in [-0.4, -0.2) is 54.3 Å². The molecule has 4 aliphatic rings. The lowest BCUT2D eigenvalue weighted by Gasteiger charge is -2.48. The van der Waals surface area contributed by atoms with Gasteiger partial charge in [0.05, 0.1) is 6.04 Å². The summed E-state index contributed by atoms with van der Waals surface area (Å²) in [7, 11) is 0. The molecular weight excluding hydrogens is 224 g/mol. The predicted octanol–water partition coefficient (Wildman–Crippen LogP) is 1.63. The maximum absolute atomic E-state index is 12.7. The van der Waals surface area contributed by atoms with E-state index in [-0.39, 0.29) is 6.04 Å². The van der Waals surface area contributed by atoms with Crippen LogP contribution in [0.15, 0.2) is 0 Å². The standard InChI is InChI=1S/C15H26N2O/c1-11-3-4-13(9-12(11)2)15(18)14-10-16-5-7-17(14)8-6-16/h11-14H,3-10H2,1-2H3. The molecule has 18 heavy (non-hydrogen) atoms. The highest BCUT2D eigenvalue weighted by molar-refractivity contribution is 5.87. The molecule has 3 heteroatoms. The third kappa shape index (κ3) is 2.23. The highest BCUT2D eigenvalue weighted by Gasteiger charge is 2.40. The van der Waals surface area contributed by atoms with Crippen LogP contribution in [0.1, 0.15) is 33.1 Å². The predicted molar refractivity (Wildman–Crippen MR) is 72.5 cm³/mol. The molecule has 0 aromatic heterocycles. The summed E-state index contributed by atoms with van der Waals surface area (Å²) in [4.78, 5) is 17.6. The highest BCUT2D eigenvalue weighted by atomic mass is 16.1. The van der Waals surface area contributed by atoms with Crippen molar-refractivity contribution in [3.63, 3.8) is 0 Å². The molecular formula is C15H26N2O. The first-order valence-electron chi connectivity index (χ1n) is 7.65. The Morgan fingerprint density at radius 1 is 1.00 bits per heavy atom. The molecule has 0 aromatic rings. The second kappa shape index (κ2) is 4.93. The lowest BCUT2D eigenvalue weighted by Crippen LogP contribution is -2.64. The molecule has 3 heterocycles. The van der Waals surface area contributed by atoms with Crippen LogP contribution in [0.3, 0.4) is 0 Å². The fourth-order valence-electron chi connectivity index (χ4n) is 3.97. The van der Waals surface area contributed by atoms with Gasteiger partial charge >= 0.3 is 0 Å². The number of nitrogens with zero attached hydrogens (tertiary/aromatic N) is 2. The van der Waals surface area contributed by atoms with Crippen molar-refractivity contribution in [2.45, 2.75) is 39.2 Å². The summed E-state index contributed by atoms with van der Waals surface area (Å²) >= 11 is 0. The minimum atomic E-state index is 0.220. The average Bonchev–Trinajstić information content (AvgIpc) is 2.42. The monoisotopic (exact) mass is 250 g/mol. The Balaban J connectivity index is 1.64. The molecule has 102 valence electrons. The molecule has 3 saturated heterocycles. The molecule has 4 unspecified atom stereocenters. The van der Waals surface area contributed by atoms with Gasteiger partial charge in [-0.15, -0.1) is 0 Å². The average molecular weight is 250 g/mol. The number of fused-ring (bicyclic) bond motifs is 3. The van der Waals surface area contributed by atoms with Crippen molar-refractivity contribution >= 4 is 5.78 Å². The van der Waals surface area contributed by atoms with Crippen LogP contribution in [0.2, 0.25) is 0 Å². The van der Waals surface area contributed by atoms with Gasteiger partial charge in [-0.25, -0.2) is 0 Å². The van der Waals surface area contributed by atoms with Crippen molar-refractivity contribution in [2.75, 3.05) is 32.7 Å². The lowest BCUT2D eigenvalue weighted by atomic mass is 9.73. The van der Waals surface area contributed by atoms with Crippen molar-refractivity contribution in [3.8, 4) is 0 Å². The zero-order valence-corrected chi connectivity index (χ0v) is 11.8. The van der Waals surface area contributed by atoms with Crippen molar-refractivity contribution in [1.29, 1.82) is 0 Å². The molecule has 3 nitrogen and oxygen atoms in total. The zero-order chi connectivity index (χ0) is 12.7. The van der Waals surface area contributed by atoms with E-state index in [9.17, 15) is 4.79 Å². The summed E-state index contributed by atoms with van der Waals surface area (Å²) < 4.78 is 0.